The van der Waals surface area contributed by atoms with E-state index >= 15 is 0 Å². The first-order valence-electron chi connectivity index (χ1n) is 6.62. The quantitative estimate of drug-likeness (QED) is 0.811. The van der Waals surface area contributed by atoms with Crippen molar-refractivity contribution in [3.8, 4) is 5.75 Å². The average Bonchev–Trinajstić information content (AvgIpc) is 2.67. The molecule has 0 saturated carbocycles. The van der Waals surface area contributed by atoms with Crippen LogP contribution in [0.5, 0.6) is 5.75 Å². The summed E-state index contributed by atoms with van der Waals surface area (Å²) >= 11 is 0. The number of nitrogens with two attached hydrogens (primary N) is 1. The Morgan fingerprint density at radius 1 is 1.47 bits per heavy atom. The lowest BCUT2D eigenvalue weighted by atomic mass is 10.3. The molecule has 2 N–H and O–H groups in total. The minimum absolute atomic E-state index is 0.163. The van der Waals surface area contributed by atoms with Crippen molar-refractivity contribution in [1.29, 1.82) is 0 Å². The summed E-state index contributed by atoms with van der Waals surface area (Å²) in [4.78, 5) is 4.64. The minimum Gasteiger partial charge on any atom is -0.491 e. The number of nitrogens with zero attached hydrogens (tertiary/aromatic N) is 2. The zero-order valence-corrected chi connectivity index (χ0v) is 11.6. The smallest absolute Gasteiger partial charge is 0.121 e. The highest BCUT2D eigenvalue weighted by Gasteiger charge is 2.10. The standard InChI is InChI=1S/C15H21N3O/c1-4-9-18-14-6-5-12(19-11(2)3)10-13(14)17-15(18)7-8-16/h4-6,10-11H,1,7-9,16H2,2-3H3. The van der Waals surface area contributed by atoms with Crippen LogP contribution in [-0.2, 0) is 13.0 Å². The van der Waals surface area contributed by atoms with Crippen molar-refractivity contribution in [3.05, 3.63) is 36.7 Å². The molecule has 0 atom stereocenters. The maximum atomic E-state index is 5.70. The molecule has 1 aromatic heterocycles. The molecule has 2 rings (SSSR count). The largest absolute Gasteiger partial charge is 0.491 e. The SMILES string of the molecule is C=CCn1c(CCN)nc2cc(OC(C)C)ccc21. The summed E-state index contributed by atoms with van der Waals surface area (Å²) in [6, 6.07) is 6.01. The van der Waals surface area contributed by atoms with Gasteiger partial charge in [-0.3, -0.25) is 0 Å². The first kappa shape index (κ1) is 13.6. The third kappa shape index (κ3) is 2.96. The molecule has 0 amide bonds. The normalized spacial score (nSPS) is 11.2. The third-order valence-electron chi connectivity index (χ3n) is 2.85. The highest BCUT2D eigenvalue weighted by atomic mass is 16.5. The number of aromatic nitrogens is 2. The van der Waals surface area contributed by atoms with Crippen molar-refractivity contribution in [2.75, 3.05) is 6.54 Å². The number of benzene rings is 1. The zero-order valence-electron chi connectivity index (χ0n) is 11.6. The van der Waals surface area contributed by atoms with Gasteiger partial charge in [-0.1, -0.05) is 6.08 Å². The number of rotatable bonds is 6. The number of allylic oxidation sites excluding steroid dienone is 1. The van der Waals surface area contributed by atoms with Gasteiger partial charge in [0.25, 0.3) is 0 Å². The molecule has 0 radical (unpaired) electrons. The van der Waals surface area contributed by atoms with Crippen LogP contribution in [-0.4, -0.2) is 22.2 Å². The van der Waals surface area contributed by atoms with E-state index in [4.69, 9.17) is 10.5 Å². The molecule has 4 heteroatoms. The Balaban J connectivity index is 2.45. The summed E-state index contributed by atoms with van der Waals surface area (Å²) in [6.07, 6.45) is 2.80. The fourth-order valence-corrected chi connectivity index (χ4v) is 2.16. The molecule has 1 heterocycles. The molecule has 102 valence electrons. The van der Waals surface area contributed by atoms with Crippen molar-refractivity contribution in [2.24, 2.45) is 5.73 Å². The van der Waals surface area contributed by atoms with E-state index in [0.29, 0.717) is 6.54 Å². The van der Waals surface area contributed by atoms with Crippen LogP contribution in [0.25, 0.3) is 11.0 Å². The van der Waals surface area contributed by atoms with Crippen LogP contribution >= 0.6 is 0 Å². The number of imidazole rings is 1. The molecule has 2 aromatic rings. The predicted molar refractivity (Wildman–Crippen MR) is 78.5 cm³/mol. The second-order valence-electron chi connectivity index (χ2n) is 4.78. The lowest BCUT2D eigenvalue weighted by Gasteiger charge is -2.09. The van der Waals surface area contributed by atoms with E-state index < -0.39 is 0 Å². The van der Waals surface area contributed by atoms with Crippen molar-refractivity contribution >= 4 is 11.0 Å². The Kier molecular flexibility index (Phi) is 4.22. The summed E-state index contributed by atoms with van der Waals surface area (Å²) < 4.78 is 7.84. The van der Waals surface area contributed by atoms with Crippen LogP contribution in [0.1, 0.15) is 19.7 Å². The second-order valence-corrected chi connectivity index (χ2v) is 4.78. The van der Waals surface area contributed by atoms with Crippen LogP contribution in [0, 0.1) is 0 Å². The van der Waals surface area contributed by atoms with E-state index in [1.807, 2.05) is 38.1 Å². The molecule has 0 aliphatic carbocycles. The van der Waals surface area contributed by atoms with Crippen molar-refractivity contribution < 1.29 is 4.74 Å². The monoisotopic (exact) mass is 259 g/mol. The molecular weight excluding hydrogens is 238 g/mol. The minimum atomic E-state index is 0.163. The molecule has 0 aliphatic rings. The number of ether oxygens (including phenoxy) is 1. The molecule has 4 nitrogen and oxygen atoms in total. The molecule has 0 saturated heterocycles. The highest BCUT2D eigenvalue weighted by molar-refractivity contribution is 5.78. The van der Waals surface area contributed by atoms with Gasteiger partial charge in [-0.15, -0.1) is 6.58 Å². The summed E-state index contributed by atoms with van der Waals surface area (Å²) in [7, 11) is 0. The van der Waals surface area contributed by atoms with Crippen molar-refractivity contribution in [2.45, 2.75) is 32.9 Å². The third-order valence-corrected chi connectivity index (χ3v) is 2.85. The number of hydrogen-bond donors (Lipinski definition) is 1. The highest BCUT2D eigenvalue weighted by Crippen LogP contribution is 2.23. The Bertz CT molecular complexity index is 572. The number of fused-ring (bicyclic) bond motifs is 1. The Labute approximate surface area is 113 Å². The molecule has 0 unspecified atom stereocenters. The van der Waals surface area contributed by atoms with Crippen LogP contribution in [0.2, 0.25) is 0 Å². The van der Waals surface area contributed by atoms with Gasteiger partial charge in [0.2, 0.25) is 0 Å². The van der Waals surface area contributed by atoms with Gasteiger partial charge in [0.1, 0.15) is 11.6 Å². The van der Waals surface area contributed by atoms with E-state index in [9.17, 15) is 0 Å². The lowest BCUT2D eigenvalue weighted by molar-refractivity contribution is 0.242. The second kappa shape index (κ2) is 5.89. The summed E-state index contributed by atoms with van der Waals surface area (Å²) in [5.74, 6) is 1.85. The average molecular weight is 259 g/mol. The zero-order chi connectivity index (χ0) is 13.8. The molecule has 0 aliphatic heterocycles. The molecule has 19 heavy (non-hydrogen) atoms. The van der Waals surface area contributed by atoms with Crippen molar-refractivity contribution in [3.63, 3.8) is 0 Å². The first-order chi connectivity index (χ1) is 9.15. The van der Waals surface area contributed by atoms with E-state index in [2.05, 4.69) is 16.1 Å². The van der Waals surface area contributed by atoms with Gasteiger partial charge in [-0.2, -0.15) is 0 Å². The van der Waals surface area contributed by atoms with Crippen LogP contribution < -0.4 is 10.5 Å². The fraction of sp³-hybridized carbons (Fsp3) is 0.400. The van der Waals surface area contributed by atoms with Gasteiger partial charge in [-0.25, -0.2) is 4.98 Å². The van der Waals surface area contributed by atoms with Gasteiger partial charge in [0, 0.05) is 19.0 Å². The van der Waals surface area contributed by atoms with Gasteiger partial charge in [-0.05, 0) is 32.5 Å². The fourth-order valence-electron chi connectivity index (χ4n) is 2.16. The van der Waals surface area contributed by atoms with Crippen molar-refractivity contribution in [1.82, 2.24) is 9.55 Å². The van der Waals surface area contributed by atoms with Crippen LogP contribution in [0.3, 0.4) is 0 Å². The van der Waals surface area contributed by atoms with E-state index in [-0.39, 0.29) is 6.10 Å². The van der Waals surface area contributed by atoms with E-state index in [1.54, 1.807) is 0 Å². The first-order valence-corrected chi connectivity index (χ1v) is 6.62. The summed E-state index contributed by atoms with van der Waals surface area (Å²) in [5.41, 5.74) is 7.68. The molecule has 0 fully saturated rings. The summed E-state index contributed by atoms with van der Waals surface area (Å²) in [6.45, 7) is 9.16. The lowest BCUT2D eigenvalue weighted by Crippen LogP contribution is -2.09. The predicted octanol–water partition coefficient (Wildman–Crippen LogP) is 2.51. The maximum absolute atomic E-state index is 5.70. The molecular formula is C15H21N3O. The Hall–Kier alpha value is -1.81. The van der Waals surface area contributed by atoms with E-state index in [0.717, 1.165) is 35.6 Å². The van der Waals surface area contributed by atoms with Crippen LogP contribution in [0.4, 0.5) is 0 Å². The number of hydrogen-bond acceptors (Lipinski definition) is 3. The van der Waals surface area contributed by atoms with Gasteiger partial charge in [0.05, 0.1) is 17.1 Å². The van der Waals surface area contributed by atoms with Gasteiger partial charge >= 0.3 is 0 Å². The van der Waals surface area contributed by atoms with Gasteiger partial charge < -0.3 is 15.0 Å². The Morgan fingerprint density at radius 3 is 2.89 bits per heavy atom. The molecule has 0 spiro atoms. The van der Waals surface area contributed by atoms with Gasteiger partial charge in [0.15, 0.2) is 0 Å². The Morgan fingerprint density at radius 2 is 2.26 bits per heavy atom. The van der Waals surface area contributed by atoms with E-state index in [1.165, 1.54) is 0 Å². The maximum Gasteiger partial charge on any atom is 0.121 e. The molecule has 1 aromatic carbocycles. The van der Waals surface area contributed by atoms with Crippen LogP contribution in [0.15, 0.2) is 30.9 Å². The topological polar surface area (TPSA) is 53.1 Å². The summed E-state index contributed by atoms with van der Waals surface area (Å²) in [5, 5.41) is 0. The molecule has 0 bridgehead atoms.